The topological polar surface area (TPSA) is 71.5 Å². The molecule has 0 saturated heterocycles. The number of hydrogen-bond donors (Lipinski definition) is 0. The van der Waals surface area contributed by atoms with E-state index in [9.17, 15) is 16.8 Å². The maximum absolute atomic E-state index is 13.4. The molecule has 132 valence electrons. The van der Waals surface area contributed by atoms with Crippen molar-refractivity contribution < 1.29 is 16.8 Å². The first kappa shape index (κ1) is 17.7. The monoisotopic (exact) mass is 377 g/mol. The van der Waals surface area contributed by atoms with Gasteiger partial charge in [0.05, 0.1) is 22.4 Å². The highest BCUT2D eigenvalue weighted by Crippen LogP contribution is 2.31. The molecular weight excluding hydrogens is 358 g/mol. The number of anilines is 1. The van der Waals surface area contributed by atoms with Crippen molar-refractivity contribution in [3.05, 3.63) is 71.1 Å². The van der Waals surface area contributed by atoms with Crippen LogP contribution < -0.4 is 4.31 Å². The number of benzene rings is 2. The Labute approximate surface area is 148 Å². The standard InChI is InChI=1S/C18H19NO4S2/c1-14-8-9-18(15(2)12-14)25(22,23)19(16-6-4-3-5-7-16)17-10-11-24(20,21)13-17/h3-12,17H,13H2,1-2H3/t17-/m0/s1. The Morgan fingerprint density at radius 3 is 2.28 bits per heavy atom. The van der Waals surface area contributed by atoms with Gasteiger partial charge in [-0.15, -0.1) is 0 Å². The van der Waals surface area contributed by atoms with Crippen LogP contribution in [0.1, 0.15) is 11.1 Å². The molecule has 0 radical (unpaired) electrons. The van der Waals surface area contributed by atoms with E-state index in [2.05, 4.69) is 0 Å². The van der Waals surface area contributed by atoms with Gasteiger partial charge < -0.3 is 0 Å². The minimum atomic E-state index is -3.92. The highest BCUT2D eigenvalue weighted by Gasteiger charge is 2.36. The van der Waals surface area contributed by atoms with Crippen LogP contribution in [0.15, 0.2) is 64.9 Å². The summed E-state index contributed by atoms with van der Waals surface area (Å²) in [5.74, 6) is -0.258. The fourth-order valence-corrected chi connectivity index (χ4v) is 6.16. The molecule has 5 nitrogen and oxygen atoms in total. The number of nitrogens with zero attached hydrogens (tertiary/aromatic N) is 1. The van der Waals surface area contributed by atoms with Gasteiger partial charge in [-0.2, -0.15) is 0 Å². The van der Waals surface area contributed by atoms with Crippen molar-refractivity contribution in [1.29, 1.82) is 0 Å². The maximum Gasteiger partial charge on any atom is 0.265 e. The summed E-state index contributed by atoms with van der Waals surface area (Å²) in [5, 5.41) is 1.09. The number of aryl methyl sites for hydroxylation is 2. The SMILES string of the molecule is Cc1ccc(S(=O)(=O)N(c2ccccc2)[C@H]2C=CS(=O)(=O)C2)c(C)c1. The van der Waals surface area contributed by atoms with Gasteiger partial charge in [0, 0.05) is 5.41 Å². The lowest BCUT2D eigenvalue weighted by Gasteiger charge is -2.29. The Morgan fingerprint density at radius 1 is 1.04 bits per heavy atom. The first-order chi connectivity index (χ1) is 11.7. The second kappa shape index (κ2) is 6.31. The first-order valence-corrected chi connectivity index (χ1v) is 10.9. The molecule has 0 N–H and O–H groups in total. The summed E-state index contributed by atoms with van der Waals surface area (Å²) in [5.41, 5.74) is 2.03. The molecule has 1 aliphatic rings. The van der Waals surface area contributed by atoms with E-state index < -0.39 is 25.9 Å². The molecule has 2 aromatic carbocycles. The van der Waals surface area contributed by atoms with Gasteiger partial charge in [-0.25, -0.2) is 16.8 Å². The van der Waals surface area contributed by atoms with E-state index in [0.717, 1.165) is 11.0 Å². The normalized spacial score (nSPS) is 19.0. The van der Waals surface area contributed by atoms with Crippen molar-refractivity contribution in [3.63, 3.8) is 0 Å². The van der Waals surface area contributed by atoms with E-state index in [4.69, 9.17) is 0 Å². The zero-order valence-electron chi connectivity index (χ0n) is 14.0. The predicted molar refractivity (Wildman–Crippen MR) is 98.7 cm³/mol. The van der Waals surface area contributed by atoms with Gasteiger partial charge in [0.1, 0.15) is 0 Å². The maximum atomic E-state index is 13.4. The summed E-state index contributed by atoms with van der Waals surface area (Å²) < 4.78 is 51.6. The molecule has 0 bridgehead atoms. The van der Waals surface area contributed by atoms with Gasteiger partial charge >= 0.3 is 0 Å². The Balaban J connectivity index is 2.16. The molecule has 0 aliphatic carbocycles. The van der Waals surface area contributed by atoms with Crippen LogP contribution in [0.2, 0.25) is 0 Å². The minimum absolute atomic E-state index is 0.180. The van der Waals surface area contributed by atoms with Crippen LogP contribution in [0.25, 0.3) is 0 Å². The number of hydrogen-bond acceptors (Lipinski definition) is 4. The van der Waals surface area contributed by atoms with Crippen LogP contribution in [0.4, 0.5) is 5.69 Å². The number of para-hydroxylation sites is 1. The Kier molecular flexibility index (Phi) is 4.47. The van der Waals surface area contributed by atoms with E-state index in [1.807, 2.05) is 6.92 Å². The summed E-state index contributed by atoms with van der Waals surface area (Å²) in [7, 11) is -7.31. The summed E-state index contributed by atoms with van der Waals surface area (Å²) in [6, 6.07) is 12.9. The summed E-state index contributed by atoms with van der Waals surface area (Å²) >= 11 is 0. The second-order valence-corrected chi connectivity index (χ2v) is 9.85. The van der Waals surface area contributed by atoms with Crippen LogP contribution in [0, 0.1) is 13.8 Å². The average Bonchev–Trinajstić information content (AvgIpc) is 2.87. The summed E-state index contributed by atoms with van der Waals surface area (Å²) in [6.07, 6.45) is 1.43. The second-order valence-electron chi connectivity index (χ2n) is 6.13. The molecule has 7 heteroatoms. The minimum Gasteiger partial charge on any atom is -0.258 e. The Bertz CT molecular complexity index is 1030. The molecule has 1 heterocycles. The highest BCUT2D eigenvalue weighted by atomic mass is 32.2. The van der Waals surface area contributed by atoms with Crippen molar-refractivity contribution >= 4 is 25.5 Å². The third-order valence-electron chi connectivity index (χ3n) is 4.09. The largest absolute Gasteiger partial charge is 0.265 e. The van der Waals surface area contributed by atoms with Gasteiger partial charge in [-0.05, 0) is 43.7 Å². The van der Waals surface area contributed by atoms with Crippen molar-refractivity contribution in [1.82, 2.24) is 0 Å². The van der Waals surface area contributed by atoms with E-state index >= 15 is 0 Å². The molecule has 0 saturated carbocycles. The number of sulfonamides is 1. The number of sulfone groups is 1. The smallest absolute Gasteiger partial charge is 0.258 e. The van der Waals surface area contributed by atoms with E-state index in [0.29, 0.717) is 11.3 Å². The molecule has 25 heavy (non-hydrogen) atoms. The molecule has 3 rings (SSSR count). The van der Waals surface area contributed by atoms with Crippen LogP contribution in [0.5, 0.6) is 0 Å². The zero-order valence-corrected chi connectivity index (χ0v) is 15.6. The molecule has 1 atom stereocenters. The zero-order chi connectivity index (χ0) is 18.2. The van der Waals surface area contributed by atoms with Crippen LogP contribution in [-0.4, -0.2) is 28.6 Å². The van der Waals surface area contributed by atoms with E-state index in [-0.39, 0.29) is 10.6 Å². The van der Waals surface area contributed by atoms with Crippen LogP contribution in [-0.2, 0) is 19.9 Å². The quantitative estimate of drug-likeness (QED) is 0.821. The Hall–Kier alpha value is -2.12. The molecule has 0 fully saturated rings. The van der Waals surface area contributed by atoms with Crippen molar-refractivity contribution in [2.24, 2.45) is 0 Å². The fraction of sp³-hybridized carbons (Fsp3) is 0.222. The van der Waals surface area contributed by atoms with E-state index in [1.165, 1.54) is 10.4 Å². The van der Waals surface area contributed by atoms with E-state index in [1.54, 1.807) is 55.5 Å². The fourth-order valence-electron chi connectivity index (χ4n) is 2.98. The van der Waals surface area contributed by atoms with Crippen molar-refractivity contribution in [2.45, 2.75) is 24.8 Å². The lowest BCUT2D eigenvalue weighted by molar-refractivity contribution is 0.586. The highest BCUT2D eigenvalue weighted by molar-refractivity contribution is 7.95. The molecule has 0 aromatic heterocycles. The molecular formula is C18H19NO4S2. The van der Waals surface area contributed by atoms with Gasteiger partial charge in [0.2, 0.25) is 0 Å². The predicted octanol–water partition coefficient (Wildman–Crippen LogP) is 2.81. The van der Waals surface area contributed by atoms with Gasteiger partial charge in [0.25, 0.3) is 10.0 Å². The summed E-state index contributed by atoms with van der Waals surface area (Å²) in [4.78, 5) is 0.180. The average molecular weight is 377 g/mol. The third kappa shape index (κ3) is 3.48. The summed E-state index contributed by atoms with van der Waals surface area (Å²) in [6.45, 7) is 3.63. The molecule has 0 unspecified atom stereocenters. The lowest BCUT2D eigenvalue weighted by atomic mass is 10.2. The van der Waals surface area contributed by atoms with Crippen molar-refractivity contribution in [2.75, 3.05) is 10.1 Å². The molecule has 0 spiro atoms. The van der Waals surface area contributed by atoms with Crippen LogP contribution in [0.3, 0.4) is 0 Å². The third-order valence-corrected chi connectivity index (χ3v) is 7.48. The molecule has 1 aliphatic heterocycles. The van der Waals surface area contributed by atoms with Gasteiger partial charge in [-0.3, -0.25) is 4.31 Å². The lowest BCUT2D eigenvalue weighted by Crippen LogP contribution is -2.41. The molecule has 2 aromatic rings. The Morgan fingerprint density at radius 2 is 1.72 bits per heavy atom. The van der Waals surface area contributed by atoms with Gasteiger partial charge in [-0.1, -0.05) is 35.9 Å². The number of rotatable bonds is 4. The van der Waals surface area contributed by atoms with Gasteiger partial charge in [0.15, 0.2) is 9.84 Å². The molecule has 0 amide bonds. The first-order valence-electron chi connectivity index (χ1n) is 7.78. The van der Waals surface area contributed by atoms with Crippen LogP contribution >= 0.6 is 0 Å². The van der Waals surface area contributed by atoms with Crippen molar-refractivity contribution in [3.8, 4) is 0 Å².